The maximum atomic E-state index is 11.8. The Hall–Kier alpha value is -1.57. The van der Waals surface area contributed by atoms with Crippen molar-refractivity contribution in [1.29, 1.82) is 5.26 Å². The number of rotatable bonds is 3. The molecule has 2 unspecified atom stereocenters. The van der Waals surface area contributed by atoms with Crippen molar-refractivity contribution in [2.75, 3.05) is 6.61 Å². The van der Waals surface area contributed by atoms with E-state index < -0.39 is 29.4 Å². The van der Waals surface area contributed by atoms with Gasteiger partial charge >= 0.3 is 11.9 Å². The van der Waals surface area contributed by atoms with Crippen LogP contribution >= 0.6 is 0 Å². The third kappa shape index (κ3) is 2.96. The molecule has 0 aromatic rings. The van der Waals surface area contributed by atoms with Gasteiger partial charge in [-0.1, -0.05) is 6.92 Å². The van der Waals surface area contributed by atoms with Crippen molar-refractivity contribution in [2.45, 2.75) is 39.7 Å². The highest BCUT2D eigenvalue weighted by atomic mass is 16.6. The predicted octanol–water partition coefficient (Wildman–Crippen LogP) is 1.42. The lowest BCUT2D eigenvalue weighted by Crippen LogP contribution is -2.42. The molecule has 0 aliphatic carbocycles. The molecule has 5 nitrogen and oxygen atoms in total. The molecule has 1 rings (SSSR count). The fraction of sp³-hybridized carbons (Fsp3) is 0.750. The van der Waals surface area contributed by atoms with E-state index in [1.807, 2.05) is 13.0 Å². The van der Waals surface area contributed by atoms with Crippen molar-refractivity contribution < 1.29 is 19.1 Å². The second-order valence-electron chi connectivity index (χ2n) is 4.76. The van der Waals surface area contributed by atoms with Crippen LogP contribution < -0.4 is 0 Å². The molecule has 0 saturated carbocycles. The molecular formula is C12H17NO4. The van der Waals surface area contributed by atoms with Crippen LogP contribution in [0.2, 0.25) is 0 Å². The average molecular weight is 239 g/mol. The minimum atomic E-state index is -1.08. The highest BCUT2D eigenvalue weighted by Gasteiger charge is 2.40. The van der Waals surface area contributed by atoms with Crippen molar-refractivity contribution in [3.05, 3.63) is 0 Å². The van der Waals surface area contributed by atoms with Crippen molar-refractivity contribution in [1.82, 2.24) is 0 Å². The van der Waals surface area contributed by atoms with E-state index in [2.05, 4.69) is 0 Å². The third-order valence-electron chi connectivity index (χ3n) is 3.11. The molecule has 17 heavy (non-hydrogen) atoms. The molecule has 0 spiro atoms. The first-order chi connectivity index (χ1) is 7.92. The summed E-state index contributed by atoms with van der Waals surface area (Å²) in [6, 6.07) is 1.98. The number of nitrogens with zero attached hydrogens (tertiary/aromatic N) is 1. The number of carbonyl (C=O) groups is 2. The Morgan fingerprint density at radius 1 is 1.65 bits per heavy atom. The number of esters is 2. The summed E-state index contributed by atoms with van der Waals surface area (Å²) in [5, 5.41) is 8.90. The number of hydrogen-bond donors (Lipinski definition) is 0. The average Bonchev–Trinajstić information content (AvgIpc) is 2.31. The van der Waals surface area contributed by atoms with Crippen LogP contribution in [0.15, 0.2) is 0 Å². The van der Waals surface area contributed by atoms with Crippen LogP contribution in [0.5, 0.6) is 0 Å². The monoisotopic (exact) mass is 239 g/mol. The van der Waals surface area contributed by atoms with Gasteiger partial charge in [0.05, 0.1) is 24.0 Å². The summed E-state index contributed by atoms with van der Waals surface area (Å²) in [4.78, 5) is 23.3. The van der Waals surface area contributed by atoms with Crippen LogP contribution in [-0.2, 0) is 19.1 Å². The second kappa shape index (κ2) is 5.17. The molecule has 0 N–H and O–H groups in total. The molecule has 2 atom stereocenters. The fourth-order valence-corrected chi connectivity index (χ4v) is 1.37. The Morgan fingerprint density at radius 2 is 2.29 bits per heavy atom. The Balaban J connectivity index is 2.75. The van der Waals surface area contributed by atoms with Gasteiger partial charge in [-0.3, -0.25) is 4.79 Å². The van der Waals surface area contributed by atoms with Crippen molar-refractivity contribution >= 4 is 11.9 Å². The number of ether oxygens (including phenoxy) is 2. The van der Waals surface area contributed by atoms with Gasteiger partial charge in [0.2, 0.25) is 6.10 Å². The highest BCUT2D eigenvalue weighted by Crippen LogP contribution is 2.26. The van der Waals surface area contributed by atoms with Gasteiger partial charge in [-0.05, 0) is 20.3 Å². The molecule has 1 aliphatic rings. The zero-order chi connectivity index (χ0) is 13.1. The van der Waals surface area contributed by atoms with Gasteiger partial charge < -0.3 is 9.47 Å². The predicted molar refractivity (Wildman–Crippen MR) is 58.6 cm³/mol. The summed E-state index contributed by atoms with van der Waals surface area (Å²) in [7, 11) is 0. The molecule has 5 heteroatoms. The first-order valence-corrected chi connectivity index (χ1v) is 5.69. The molecule has 1 fully saturated rings. The second-order valence-corrected chi connectivity index (χ2v) is 4.76. The van der Waals surface area contributed by atoms with Crippen LogP contribution in [0.25, 0.3) is 0 Å². The number of nitriles is 1. The lowest BCUT2D eigenvalue weighted by molar-refractivity contribution is -0.181. The largest absolute Gasteiger partial charge is 0.463 e. The highest BCUT2D eigenvalue weighted by molar-refractivity contribution is 5.82. The summed E-state index contributed by atoms with van der Waals surface area (Å²) in [6.45, 7) is 5.56. The fourth-order valence-electron chi connectivity index (χ4n) is 1.37. The van der Waals surface area contributed by atoms with Gasteiger partial charge in [-0.15, -0.1) is 0 Å². The topological polar surface area (TPSA) is 76.4 Å². The zero-order valence-corrected chi connectivity index (χ0v) is 10.4. The molecule has 0 aromatic heterocycles. The van der Waals surface area contributed by atoms with Gasteiger partial charge in [0.1, 0.15) is 0 Å². The van der Waals surface area contributed by atoms with E-state index >= 15 is 0 Å². The van der Waals surface area contributed by atoms with E-state index in [0.29, 0.717) is 12.8 Å². The van der Waals surface area contributed by atoms with E-state index in [-0.39, 0.29) is 6.61 Å². The van der Waals surface area contributed by atoms with Gasteiger partial charge in [0.15, 0.2) is 0 Å². The van der Waals surface area contributed by atoms with Crippen molar-refractivity contribution in [3.63, 3.8) is 0 Å². The molecule has 1 saturated heterocycles. The molecule has 1 heterocycles. The summed E-state index contributed by atoms with van der Waals surface area (Å²) < 4.78 is 9.93. The molecule has 94 valence electrons. The minimum Gasteiger partial charge on any atom is -0.463 e. The first kappa shape index (κ1) is 13.5. The van der Waals surface area contributed by atoms with E-state index in [1.54, 1.807) is 13.8 Å². The molecule has 0 radical (unpaired) electrons. The maximum Gasteiger partial charge on any atom is 0.348 e. The normalized spacial score (nSPS) is 24.7. The van der Waals surface area contributed by atoms with E-state index in [9.17, 15) is 9.59 Å². The van der Waals surface area contributed by atoms with Crippen LogP contribution in [0.3, 0.4) is 0 Å². The third-order valence-corrected chi connectivity index (χ3v) is 3.11. The lowest BCUT2D eigenvalue weighted by Gasteiger charge is -2.29. The summed E-state index contributed by atoms with van der Waals surface area (Å²) in [5.74, 6) is -1.69. The van der Waals surface area contributed by atoms with Crippen LogP contribution in [0.1, 0.15) is 33.6 Å². The number of hydrogen-bond acceptors (Lipinski definition) is 5. The van der Waals surface area contributed by atoms with Gasteiger partial charge in [-0.25, -0.2) is 4.79 Å². The van der Waals surface area contributed by atoms with Crippen LogP contribution in [-0.4, -0.2) is 24.6 Å². The molecule has 0 bridgehead atoms. The number of cyclic esters (lactones) is 1. The lowest BCUT2D eigenvalue weighted by atomic mass is 9.90. The van der Waals surface area contributed by atoms with E-state index in [4.69, 9.17) is 14.7 Å². The van der Waals surface area contributed by atoms with E-state index in [0.717, 1.165) is 0 Å². The summed E-state index contributed by atoms with van der Waals surface area (Å²) >= 11 is 0. The molecular weight excluding hydrogens is 222 g/mol. The standard InChI is InChI=1S/C12H17NO4/c1-4-12(2,3)11(15)17-9-8(7-13)5-6-16-10(9)14/h8-9H,4-6H2,1-3H3. The Morgan fingerprint density at radius 3 is 2.82 bits per heavy atom. The number of carbonyl (C=O) groups excluding carboxylic acids is 2. The zero-order valence-electron chi connectivity index (χ0n) is 10.4. The summed E-state index contributed by atoms with van der Waals surface area (Å²) in [5.41, 5.74) is -0.655. The quantitative estimate of drug-likeness (QED) is 0.696. The maximum absolute atomic E-state index is 11.8. The van der Waals surface area contributed by atoms with Gasteiger partial charge in [0.25, 0.3) is 0 Å². The SMILES string of the molecule is CCC(C)(C)C(=O)OC1C(=O)OCCC1C#N. The van der Waals surface area contributed by atoms with Crippen LogP contribution in [0, 0.1) is 22.7 Å². The Labute approximate surface area is 101 Å². The first-order valence-electron chi connectivity index (χ1n) is 5.69. The molecule has 1 aliphatic heterocycles. The van der Waals surface area contributed by atoms with E-state index in [1.165, 1.54) is 0 Å². The van der Waals surface area contributed by atoms with Crippen molar-refractivity contribution in [2.24, 2.45) is 11.3 Å². The summed E-state index contributed by atoms with van der Waals surface area (Å²) in [6.07, 6.45) is -0.0653. The molecule has 0 aromatic carbocycles. The Kier molecular flexibility index (Phi) is 4.11. The smallest absolute Gasteiger partial charge is 0.348 e. The Bertz CT molecular complexity index is 356. The minimum absolute atomic E-state index is 0.211. The van der Waals surface area contributed by atoms with Gasteiger partial charge in [-0.2, -0.15) is 5.26 Å². The van der Waals surface area contributed by atoms with Gasteiger partial charge in [0, 0.05) is 6.42 Å². The molecule has 0 amide bonds. The van der Waals surface area contributed by atoms with Crippen molar-refractivity contribution in [3.8, 4) is 6.07 Å². The van der Waals surface area contributed by atoms with Crippen LogP contribution in [0.4, 0.5) is 0 Å².